The number of fused-ring (bicyclic) bond motifs is 1. The first-order valence-corrected chi connectivity index (χ1v) is 12.0. The van der Waals surface area contributed by atoms with Crippen molar-refractivity contribution >= 4 is 23.0 Å². The number of hydrogen-bond acceptors (Lipinski definition) is 7. The van der Waals surface area contributed by atoms with Gasteiger partial charge in [-0.2, -0.15) is 10.1 Å². The molecule has 0 aliphatic carbocycles. The number of nitrogens with one attached hydrogen (secondary N) is 1. The fourth-order valence-corrected chi connectivity index (χ4v) is 4.06. The van der Waals surface area contributed by atoms with Crippen molar-refractivity contribution in [1.82, 2.24) is 34.2 Å². The van der Waals surface area contributed by atoms with Gasteiger partial charge in [0, 0.05) is 31.9 Å². The van der Waals surface area contributed by atoms with Crippen molar-refractivity contribution in [3.63, 3.8) is 0 Å². The Morgan fingerprint density at radius 2 is 1.79 bits per heavy atom. The maximum absolute atomic E-state index is 12.9. The third kappa shape index (κ3) is 5.07. The van der Waals surface area contributed by atoms with Gasteiger partial charge in [0.15, 0.2) is 11.2 Å². The largest absolute Gasteiger partial charge is 0.462 e. The van der Waals surface area contributed by atoms with Gasteiger partial charge in [0.2, 0.25) is 5.95 Å². The SMILES string of the molecule is CCOC(=O)c1cnn(-c2nc3ncn(Cc4ccc(C(=O)N(C)Cc5ccccc5)cc4)c3c(=O)[nH]2)c1. The van der Waals surface area contributed by atoms with Crippen LogP contribution in [0.2, 0.25) is 0 Å². The third-order valence-electron chi connectivity index (χ3n) is 5.94. The molecule has 0 radical (unpaired) electrons. The number of aromatic amines is 1. The Balaban J connectivity index is 1.31. The molecule has 0 saturated carbocycles. The molecule has 1 amide bonds. The summed E-state index contributed by atoms with van der Waals surface area (Å²) in [6, 6.07) is 17.1. The lowest BCUT2D eigenvalue weighted by atomic mass is 10.1. The van der Waals surface area contributed by atoms with E-state index in [-0.39, 0.29) is 29.7 Å². The Hall–Kier alpha value is -5.06. The third-order valence-corrected chi connectivity index (χ3v) is 5.94. The van der Waals surface area contributed by atoms with Gasteiger partial charge < -0.3 is 14.2 Å². The molecule has 3 heterocycles. The molecule has 0 spiro atoms. The van der Waals surface area contributed by atoms with Gasteiger partial charge in [-0.1, -0.05) is 42.5 Å². The van der Waals surface area contributed by atoms with E-state index in [4.69, 9.17) is 4.74 Å². The lowest BCUT2D eigenvalue weighted by Gasteiger charge is -2.17. The zero-order valence-electron chi connectivity index (χ0n) is 20.9. The van der Waals surface area contributed by atoms with Crippen molar-refractivity contribution in [2.45, 2.75) is 20.0 Å². The molecule has 192 valence electrons. The highest BCUT2D eigenvalue weighted by Gasteiger charge is 2.16. The standard InChI is InChI=1S/C27H25N7O4/c1-3-38-26(37)21-13-29-34(16-21)27-30-23-22(24(35)31-27)33(17-28-23)15-19-9-11-20(12-10-19)25(36)32(2)14-18-7-5-4-6-8-18/h4-13,16-17H,3,14-15H2,1-2H3,(H,30,31,35). The summed E-state index contributed by atoms with van der Waals surface area (Å²) >= 11 is 0. The molecule has 38 heavy (non-hydrogen) atoms. The van der Waals surface area contributed by atoms with Gasteiger partial charge in [0.1, 0.15) is 0 Å². The van der Waals surface area contributed by atoms with Crippen LogP contribution in [0.5, 0.6) is 0 Å². The monoisotopic (exact) mass is 511 g/mol. The highest BCUT2D eigenvalue weighted by Crippen LogP contribution is 2.14. The minimum atomic E-state index is -0.512. The minimum absolute atomic E-state index is 0.0774. The number of ether oxygens (including phenoxy) is 1. The van der Waals surface area contributed by atoms with E-state index in [0.717, 1.165) is 11.1 Å². The fraction of sp³-hybridized carbons (Fsp3) is 0.185. The van der Waals surface area contributed by atoms with Crippen molar-refractivity contribution in [2.24, 2.45) is 0 Å². The first-order valence-electron chi connectivity index (χ1n) is 12.0. The fourth-order valence-electron chi connectivity index (χ4n) is 4.06. The van der Waals surface area contributed by atoms with Crippen LogP contribution in [0.3, 0.4) is 0 Å². The summed E-state index contributed by atoms with van der Waals surface area (Å²) in [7, 11) is 1.77. The number of carbonyl (C=O) groups excluding carboxylic acids is 2. The molecule has 11 nitrogen and oxygen atoms in total. The van der Waals surface area contributed by atoms with Crippen molar-refractivity contribution in [3.05, 3.63) is 106 Å². The second-order valence-corrected chi connectivity index (χ2v) is 8.67. The summed E-state index contributed by atoms with van der Waals surface area (Å²) in [6.07, 6.45) is 4.31. The second kappa shape index (κ2) is 10.5. The molecular formula is C27H25N7O4. The molecule has 0 saturated heterocycles. The number of H-pyrrole nitrogens is 1. The number of imidazole rings is 1. The van der Waals surface area contributed by atoms with Gasteiger partial charge in [0.25, 0.3) is 11.5 Å². The molecule has 0 atom stereocenters. The lowest BCUT2D eigenvalue weighted by Crippen LogP contribution is -2.26. The highest BCUT2D eigenvalue weighted by atomic mass is 16.5. The molecule has 0 unspecified atom stereocenters. The van der Waals surface area contributed by atoms with E-state index in [9.17, 15) is 14.4 Å². The van der Waals surface area contributed by atoms with Crippen LogP contribution in [0.1, 0.15) is 38.8 Å². The summed E-state index contributed by atoms with van der Waals surface area (Å²) in [5, 5.41) is 4.09. The van der Waals surface area contributed by atoms with Crippen molar-refractivity contribution in [2.75, 3.05) is 13.7 Å². The molecular weight excluding hydrogens is 486 g/mol. The van der Waals surface area contributed by atoms with Crippen LogP contribution in [0.25, 0.3) is 17.1 Å². The molecule has 0 bridgehead atoms. The van der Waals surface area contributed by atoms with Gasteiger partial charge >= 0.3 is 5.97 Å². The summed E-state index contributed by atoms with van der Waals surface area (Å²) in [4.78, 5) is 50.7. The van der Waals surface area contributed by atoms with Crippen molar-refractivity contribution < 1.29 is 14.3 Å². The lowest BCUT2D eigenvalue weighted by molar-refractivity contribution is 0.0526. The van der Waals surface area contributed by atoms with Crippen LogP contribution in [0, 0.1) is 0 Å². The average Bonchev–Trinajstić information content (AvgIpc) is 3.58. The number of amides is 1. The molecule has 3 aromatic heterocycles. The molecule has 2 aromatic carbocycles. The summed E-state index contributed by atoms with van der Waals surface area (Å²) in [6.45, 7) is 2.84. The first kappa shape index (κ1) is 24.6. The van der Waals surface area contributed by atoms with Crippen molar-refractivity contribution in [3.8, 4) is 5.95 Å². The van der Waals surface area contributed by atoms with E-state index in [1.54, 1.807) is 35.6 Å². The Labute approximate surface area is 217 Å². The number of benzene rings is 2. The Morgan fingerprint density at radius 1 is 1.03 bits per heavy atom. The number of nitrogens with zero attached hydrogens (tertiary/aromatic N) is 6. The number of aromatic nitrogens is 6. The van der Waals surface area contributed by atoms with E-state index < -0.39 is 11.5 Å². The van der Waals surface area contributed by atoms with E-state index >= 15 is 0 Å². The van der Waals surface area contributed by atoms with Gasteiger partial charge in [-0.05, 0) is 30.2 Å². The molecule has 5 aromatic rings. The van der Waals surface area contributed by atoms with Gasteiger partial charge in [-0.25, -0.2) is 14.5 Å². The topological polar surface area (TPSA) is 128 Å². The highest BCUT2D eigenvalue weighted by molar-refractivity contribution is 5.94. The second-order valence-electron chi connectivity index (χ2n) is 8.67. The van der Waals surface area contributed by atoms with Crippen molar-refractivity contribution in [1.29, 1.82) is 0 Å². The zero-order chi connectivity index (χ0) is 26.6. The quantitative estimate of drug-likeness (QED) is 0.317. The van der Waals surface area contributed by atoms with E-state index in [0.29, 0.717) is 24.2 Å². The number of esters is 1. The Morgan fingerprint density at radius 3 is 2.53 bits per heavy atom. The van der Waals surface area contributed by atoms with Crippen LogP contribution < -0.4 is 5.56 Å². The zero-order valence-corrected chi connectivity index (χ0v) is 20.9. The van der Waals surface area contributed by atoms with E-state index in [1.165, 1.54) is 23.4 Å². The Kier molecular flexibility index (Phi) is 6.81. The normalized spacial score (nSPS) is 11.0. The van der Waals surface area contributed by atoms with Gasteiger partial charge in [-0.3, -0.25) is 14.6 Å². The van der Waals surface area contributed by atoms with Crippen LogP contribution >= 0.6 is 0 Å². The van der Waals surface area contributed by atoms with Crippen LogP contribution in [0.15, 0.2) is 78.1 Å². The van der Waals surface area contributed by atoms with Crippen LogP contribution in [0.4, 0.5) is 0 Å². The average molecular weight is 512 g/mol. The van der Waals surface area contributed by atoms with E-state index in [1.807, 2.05) is 42.5 Å². The predicted molar refractivity (Wildman–Crippen MR) is 139 cm³/mol. The molecule has 5 rings (SSSR count). The number of rotatable bonds is 8. The maximum atomic E-state index is 12.9. The predicted octanol–water partition coefficient (Wildman–Crippen LogP) is 2.80. The van der Waals surface area contributed by atoms with Gasteiger partial charge in [-0.15, -0.1) is 0 Å². The Bertz CT molecular complexity index is 1650. The minimum Gasteiger partial charge on any atom is -0.462 e. The first-order chi connectivity index (χ1) is 18.4. The number of hydrogen-bond donors (Lipinski definition) is 1. The molecule has 11 heteroatoms. The van der Waals surface area contributed by atoms with E-state index in [2.05, 4.69) is 20.1 Å². The smallest absolute Gasteiger partial charge is 0.341 e. The maximum Gasteiger partial charge on any atom is 0.341 e. The molecule has 1 N–H and O–H groups in total. The number of carbonyl (C=O) groups is 2. The summed E-state index contributed by atoms with van der Waals surface area (Å²) < 4.78 is 7.94. The summed E-state index contributed by atoms with van der Waals surface area (Å²) in [5.41, 5.74) is 2.91. The van der Waals surface area contributed by atoms with Gasteiger partial charge in [0.05, 0.1) is 24.7 Å². The summed E-state index contributed by atoms with van der Waals surface area (Å²) in [5.74, 6) is -0.459. The molecule has 0 aliphatic heterocycles. The van der Waals surface area contributed by atoms with Crippen LogP contribution in [-0.2, 0) is 17.8 Å². The molecule has 0 aliphatic rings. The van der Waals surface area contributed by atoms with Crippen LogP contribution in [-0.4, -0.2) is 59.7 Å². The molecule has 0 fully saturated rings.